The van der Waals surface area contributed by atoms with Crippen molar-refractivity contribution >= 4 is 28.5 Å². The number of carbonyl (C=O) groups is 1. The summed E-state index contributed by atoms with van der Waals surface area (Å²) in [6.45, 7) is 0. The lowest BCUT2D eigenvalue weighted by atomic mass is 10.2. The number of aromatic nitrogens is 2. The van der Waals surface area contributed by atoms with Crippen molar-refractivity contribution in [2.24, 2.45) is 0 Å². The number of rotatable bonds is 3. The standard InChI is InChI=1S/C15H12ClN3O2/c1-21-14-7-6-10(16)8-11(14)15(20)18-19-9-17-12-4-2-3-5-13(12)19/h2-9H,1H3,(H,18,20). The summed E-state index contributed by atoms with van der Waals surface area (Å²) in [6, 6.07) is 12.4. The van der Waals surface area contributed by atoms with Gasteiger partial charge in [0.25, 0.3) is 5.91 Å². The summed E-state index contributed by atoms with van der Waals surface area (Å²) in [5.74, 6) is 0.138. The first-order valence-electron chi connectivity index (χ1n) is 6.26. The SMILES string of the molecule is COc1ccc(Cl)cc1C(=O)Nn1cnc2ccccc21. The van der Waals surface area contributed by atoms with Gasteiger partial charge < -0.3 is 4.74 Å². The van der Waals surface area contributed by atoms with Gasteiger partial charge in [0.2, 0.25) is 0 Å². The van der Waals surface area contributed by atoms with Gasteiger partial charge in [0.1, 0.15) is 12.1 Å². The maximum absolute atomic E-state index is 12.4. The van der Waals surface area contributed by atoms with E-state index < -0.39 is 0 Å². The van der Waals surface area contributed by atoms with Crippen LogP contribution in [0, 0.1) is 0 Å². The van der Waals surface area contributed by atoms with Gasteiger partial charge in [-0.1, -0.05) is 23.7 Å². The third kappa shape index (κ3) is 2.55. The number of imidazole rings is 1. The van der Waals surface area contributed by atoms with Crippen LogP contribution >= 0.6 is 11.6 Å². The Labute approximate surface area is 126 Å². The van der Waals surface area contributed by atoms with Gasteiger partial charge >= 0.3 is 0 Å². The molecule has 1 aromatic heterocycles. The molecule has 0 spiro atoms. The van der Waals surface area contributed by atoms with Gasteiger partial charge in [-0.15, -0.1) is 0 Å². The van der Waals surface area contributed by atoms with Crippen LogP contribution in [-0.2, 0) is 0 Å². The molecule has 6 heteroatoms. The smallest absolute Gasteiger partial charge is 0.273 e. The van der Waals surface area contributed by atoms with Gasteiger partial charge in [0.05, 0.1) is 23.7 Å². The third-order valence-electron chi connectivity index (χ3n) is 3.08. The molecule has 1 N–H and O–H groups in total. The summed E-state index contributed by atoms with van der Waals surface area (Å²) in [5, 5.41) is 0.469. The summed E-state index contributed by atoms with van der Waals surface area (Å²) < 4.78 is 6.75. The van der Waals surface area contributed by atoms with Crippen molar-refractivity contribution in [1.82, 2.24) is 9.66 Å². The molecule has 0 aliphatic heterocycles. The molecule has 1 amide bonds. The van der Waals surface area contributed by atoms with E-state index in [1.807, 2.05) is 24.3 Å². The summed E-state index contributed by atoms with van der Waals surface area (Å²) in [6.07, 6.45) is 1.56. The number of hydrogen-bond acceptors (Lipinski definition) is 3. The fourth-order valence-corrected chi connectivity index (χ4v) is 2.25. The maximum Gasteiger partial charge on any atom is 0.273 e. The average Bonchev–Trinajstić information content (AvgIpc) is 2.90. The van der Waals surface area contributed by atoms with Crippen LogP contribution in [0.4, 0.5) is 0 Å². The highest BCUT2D eigenvalue weighted by Crippen LogP contribution is 2.23. The Morgan fingerprint density at radius 1 is 1.29 bits per heavy atom. The predicted octanol–water partition coefficient (Wildman–Crippen LogP) is 3.08. The minimum atomic E-state index is -0.322. The van der Waals surface area contributed by atoms with Gasteiger partial charge in [0, 0.05) is 5.02 Å². The molecule has 2 aromatic carbocycles. The fraction of sp³-hybridized carbons (Fsp3) is 0.0667. The van der Waals surface area contributed by atoms with Gasteiger partial charge in [-0.3, -0.25) is 10.2 Å². The Bertz CT molecular complexity index is 814. The monoisotopic (exact) mass is 301 g/mol. The second kappa shape index (κ2) is 5.46. The molecular weight excluding hydrogens is 290 g/mol. The number of nitrogens with zero attached hydrogens (tertiary/aromatic N) is 2. The molecule has 0 fully saturated rings. The van der Waals surface area contributed by atoms with E-state index in [1.165, 1.54) is 7.11 Å². The second-order valence-corrected chi connectivity index (χ2v) is 4.83. The first-order valence-corrected chi connectivity index (χ1v) is 6.64. The molecule has 3 aromatic rings. The number of amides is 1. The van der Waals surface area contributed by atoms with Crippen LogP contribution in [-0.4, -0.2) is 22.7 Å². The van der Waals surface area contributed by atoms with E-state index in [2.05, 4.69) is 10.4 Å². The average molecular weight is 302 g/mol. The minimum absolute atomic E-state index is 0.322. The number of hydrogen-bond donors (Lipinski definition) is 1. The van der Waals surface area contributed by atoms with Gasteiger partial charge in [-0.25, -0.2) is 9.66 Å². The lowest BCUT2D eigenvalue weighted by molar-refractivity contribution is 0.101. The molecule has 5 nitrogen and oxygen atoms in total. The molecular formula is C15H12ClN3O2. The largest absolute Gasteiger partial charge is 0.496 e. The molecule has 106 valence electrons. The molecule has 0 radical (unpaired) electrons. The van der Waals surface area contributed by atoms with Crippen molar-refractivity contribution in [2.75, 3.05) is 12.5 Å². The molecule has 0 aliphatic carbocycles. The topological polar surface area (TPSA) is 56.1 Å². The maximum atomic E-state index is 12.4. The molecule has 21 heavy (non-hydrogen) atoms. The highest BCUT2D eigenvalue weighted by molar-refractivity contribution is 6.31. The van der Waals surface area contributed by atoms with Gasteiger partial charge in [-0.2, -0.15) is 0 Å². The van der Waals surface area contributed by atoms with E-state index in [-0.39, 0.29) is 5.91 Å². The summed E-state index contributed by atoms with van der Waals surface area (Å²) >= 11 is 5.94. The van der Waals surface area contributed by atoms with Crippen LogP contribution in [0.2, 0.25) is 5.02 Å². The predicted molar refractivity (Wildman–Crippen MR) is 81.4 cm³/mol. The van der Waals surface area contributed by atoms with Gasteiger partial charge in [-0.05, 0) is 30.3 Å². The minimum Gasteiger partial charge on any atom is -0.496 e. The van der Waals surface area contributed by atoms with Crippen molar-refractivity contribution in [1.29, 1.82) is 0 Å². The summed E-state index contributed by atoms with van der Waals surface area (Å²) in [7, 11) is 1.51. The van der Waals surface area contributed by atoms with Crippen LogP contribution < -0.4 is 10.2 Å². The Hall–Kier alpha value is -2.53. The van der Waals surface area contributed by atoms with Crippen molar-refractivity contribution in [3.8, 4) is 5.75 Å². The van der Waals surface area contributed by atoms with Crippen LogP contribution in [0.5, 0.6) is 5.75 Å². The van der Waals surface area contributed by atoms with E-state index in [0.29, 0.717) is 16.3 Å². The number of halogens is 1. The number of benzene rings is 2. The molecule has 0 saturated heterocycles. The number of para-hydroxylation sites is 2. The molecule has 0 unspecified atom stereocenters. The van der Waals surface area contributed by atoms with Crippen LogP contribution in [0.15, 0.2) is 48.8 Å². The molecule has 0 bridgehead atoms. The van der Waals surface area contributed by atoms with E-state index in [9.17, 15) is 4.79 Å². The van der Waals surface area contributed by atoms with Crippen LogP contribution in [0.3, 0.4) is 0 Å². The lowest BCUT2D eigenvalue weighted by Gasteiger charge is -2.10. The third-order valence-corrected chi connectivity index (χ3v) is 3.32. The van der Waals surface area contributed by atoms with Gasteiger partial charge in [0.15, 0.2) is 0 Å². The van der Waals surface area contributed by atoms with Crippen molar-refractivity contribution in [3.63, 3.8) is 0 Å². The van der Waals surface area contributed by atoms with Crippen LogP contribution in [0.25, 0.3) is 11.0 Å². The highest BCUT2D eigenvalue weighted by Gasteiger charge is 2.14. The Kier molecular flexibility index (Phi) is 3.50. The zero-order chi connectivity index (χ0) is 14.8. The van der Waals surface area contributed by atoms with E-state index in [4.69, 9.17) is 16.3 Å². The summed E-state index contributed by atoms with van der Waals surface area (Å²) in [4.78, 5) is 16.6. The first-order chi connectivity index (χ1) is 10.2. The van der Waals surface area contributed by atoms with Crippen molar-refractivity contribution in [2.45, 2.75) is 0 Å². The molecule has 0 atom stereocenters. The molecule has 0 saturated carbocycles. The Balaban J connectivity index is 1.95. The number of carbonyl (C=O) groups excluding carboxylic acids is 1. The van der Waals surface area contributed by atoms with Crippen molar-refractivity contribution < 1.29 is 9.53 Å². The molecule has 3 rings (SSSR count). The zero-order valence-corrected chi connectivity index (χ0v) is 12.0. The number of nitrogens with one attached hydrogen (secondary N) is 1. The second-order valence-electron chi connectivity index (χ2n) is 4.39. The Morgan fingerprint density at radius 3 is 2.90 bits per heavy atom. The molecule has 1 heterocycles. The summed E-state index contributed by atoms with van der Waals surface area (Å²) in [5.41, 5.74) is 4.74. The highest BCUT2D eigenvalue weighted by atomic mass is 35.5. The fourth-order valence-electron chi connectivity index (χ4n) is 2.08. The zero-order valence-electron chi connectivity index (χ0n) is 11.2. The number of fused-ring (bicyclic) bond motifs is 1. The molecule has 0 aliphatic rings. The normalized spacial score (nSPS) is 10.6. The van der Waals surface area contributed by atoms with Crippen molar-refractivity contribution in [3.05, 3.63) is 59.4 Å². The first kappa shape index (κ1) is 13.5. The number of methoxy groups -OCH3 is 1. The quantitative estimate of drug-likeness (QED) is 0.809. The van der Waals surface area contributed by atoms with Crippen LogP contribution in [0.1, 0.15) is 10.4 Å². The Morgan fingerprint density at radius 2 is 2.10 bits per heavy atom. The lowest BCUT2D eigenvalue weighted by Crippen LogP contribution is -2.22. The number of ether oxygens (including phenoxy) is 1. The van der Waals surface area contributed by atoms with E-state index in [0.717, 1.165) is 11.0 Å². The van der Waals surface area contributed by atoms with E-state index >= 15 is 0 Å². The van der Waals surface area contributed by atoms with E-state index in [1.54, 1.807) is 29.2 Å².